The predicted molar refractivity (Wildman–Crippen MR) is 124 cm³/mol. The minimum absolute atomic E-state index is 0.168. The van der Waals surface area contributed by atoms with Crippen molar-refractivity contribution in [2.24, 2.45) is 0 Å². The minimum Gasteiger partial charge on any atom is -0.462 e. The molecule has 0 spiro atoms. The van der Waals surface area contributed by atoms with E-state index in [0.717, 1.165) is 5.56 Å². The van der Waals surface area contributed by atoms with E-state index in [1.165, 1.54) is 48.0 Å². The zero-order valence-electron chi connectivity index (χ0n) is 18.7. The number of nitrogens with one attached hydrogen (secondary N) is 1. The summed E-state index contributed by atoms with van der Waals surface area (Å²) in [5.74, 6) is 0.0370. The van der Waals surface area contributed by atoms with E-state index in [0.29, 0.717) is 28.7 Å². The second kappa shape index (κ2) is 8.61. The van der Waals surface area contributed by atoms with Gasteiger partial charge in [0, 0.05) is 24.0 Å². The van der Waals surface area contributed by atoms with Crippen LogP contribution in [0.5, 0.6) is 0 Å². The third-order valence-electron chi connectivity index (χ3n) is 6.25. The molecule has 0 aliphatic heterocycles. The third kappa shape index (κ3) is 3.82. The lowest BCUT2D eigenvalue weighted by Crippen LogP contribution is -2.15. The fraction of sp³-hybridized carbons (Fsp3) is 0.320. The molecule has 1 N–H and O–H groups in total. The Labute approximate surface area is 190 Å². The first-order chi connectivity index (χ1) is 16.1. The molecule has 3 heterocycles. The number of aryl methyl sites for hydroxylation is 1. The van der Waals surface area contributed by atoms with E-state index in [2.05, 4.69) is 27.2 Å². The number of aromatic amines is 1. The molecule has 1 saturated carbocycles. The molecule has 33 heavy (non-hydrogen) atoms. The Morgan fingerprint density at radius 2 is 1.88 bits per heavy atom. The van der Waals surface area contributed by atoms with Crippen LogP contribution in [-0.2, 0) is 4.74 Å². The summed E-state index contributed by atoms with van der Waals surface area (Å²) in [6.45, 7) is 3.72. The Morgan fingerprint density at radius 1 is 1.15 bits per heavy atom. The molecule has 4 aromatic rings. The quantitative estimate of drug-likeness (QED) is 0.462. The number of rotatable bonds is 5. The molecule has 0 saturated heterocycles. The van der Waals surface area contributed by atoms with Gasteiger partial charge in [0.1, 0.15) is 17.0 Å². The molecule has 0 bridgehead atoms. The highest BCUT2D eigenvalue weighted by Gasteiger charge is 2.26. The van der Waals surface area contributed by atoms with Gasteiger partial charge in [-0.25, -0.2) is 14.3 Å². The lowest BCUT2D eigenvalue weighted by atomic mass is 9.96. The molecule has 1 aliphatic rings. The molecule has 1 aliphatic carbocycles. The SMILES string of the molecule is CCOC(=O)c1c(-c2nccnc2C)[nH]n2c(=O)cc(-c3ccc(C4CCCC4)cc3)nc12. The smallest absolute Gasteiger partial charge is 0.344 e. The number of carbonyl (C=O) groups excluding carboxylic acids is 1. The van der Waals surface area contributed by atoms with Gasteiger partial charge < -0.3 is 4.74 Å². The number of fused-ring (bicyclic) bond motifs is 1. The maximum Gasteiger partial charge on any atom is 0.344 e. The summed E-state index contributed by atoms with van der Waals surface area (Å²) < 4.78 is 6.55. The van der Waals surface area contributed by atoms with Crippen LogP contribution in [0.3, 0.4) is 0 Å². The fourth-order valence-corrected chi connectivity index (χ4v) is 4.59. The number of benzene rings is 1. The van der Waals surface area contributed by atoms with Gasteiger partial charge in [0.05, 0.1) is 18.0 Å². The highest BCUT2D eigenvalue weighted by atomic mass is 16.5. The Morgan fingerprint density at radius 3 is 2.58 bits per heavy atom. The number of hydrogen-bond donors (Lipinski definition) is 1. The van der Waals surface area contributed by atoms with Crippen LogP contribution >= 0.6 is 0 Å². The largest absolute Gasteiger partial charge is 0.462 e. The molecule has 0 unspecified atom stereocenters. The summed E-state index contributed by atoms with van der Waals surface area (Å²) in [6, 6.07) is 9.70. The molecule has 168 valence electrons. The maximum atomic E-state index is 13.0. The van der Waals surface area contributed by atoms with Crippen LogP contribution in [0.1, 0.15) is 60.1 Å². The monoisotopic (exact) mass is 443 g/mol. The average Bonchev–Trinajstić information content (AvgIpc) is 3.48. The van der Waals surface area contributed by atoms with Gasteiger partial charge in [-0.3, -0.25) is 19.9 Å². The Kier molecular flexibility index (Phi) is 5.50. The van der Waals surface area contributed by atoms with Crippen molar-refractivity contribution in [2.75, 3.05) is 6.61 Å². The molecular formula is C25H25N5O3. The zero-order chi connectivity index (χ0) is 22.9. The van der Waals surface area contributed by atoms with Crippen molar-refractivity contribution >= 4 is 11.6 Å². The van der Waals surface area contributed by atoms with Crippen molar-refractivity contribution in [1.82, 2.24) is 24.6 Å². The van der Waals surface area contributed by atoms with Crippen LogP contribution in [0, 0.1) is 6.92 Å². The molecule has 1 fully saturated rings. The molecule has 0 amide bonds. The van der Waals surface area contributed by atoms with Crippen LogP contribution in [0.15, 0.2) is 47.5 Å². The molecule has 1 aromatic carbocycles. The number of hydrogen-bond acceptors (Lipinski definition) is 6. The van der Waals surface area contributed by atoms with E-state index in [9.17, 15) is 9.59 Å². The Hall–Kier alpha value is -3.81. The van der Waals surface area contributed by atoms with Crippen molar-refractivity contribution in [3.8, 4) is 22.6 Å². The summed E-state index contributed by atoms with van der Waals surface area (Å²) in [7, 11) is 0. The van der Waals surface area contributed by atoms with Gasteiger partial charge in [-0.2, -0.15) is 0 Å². The van der Waals surface area contributed by atoms with Crippen LogP contribution in [-0.4, -0.2) is 37.1 Å². The predicted octanol–water partition coefficient (Wildman–Crippen LogP) is 4.29. The first kappa shape index (κ1) is 21.1. The van der Waals surface area contributed by atoms with Gasteiger partial charge >= 0.3 is 5.97 Å². The third-order valence-corrected chi connectivity index (χ3v) is 6.25. The van der Waals surface area contributed by atoms with Crippen molar-refractivity contribution < 1.29 is 9.53 Å². The topological polar surface area (TPSA) is 102 Å². The van der Waals surface area contributed by atoms with Crippen molar-refractivity contribution in [3.05, 3.63) is 69.9 Å². The van der Waals surface area contributed by atoms with Crippen molar-refractivity contribution in [1.29, 1.82) is 0 Å². The molecule has 3 aromatic heterocycles. The number of esters is 1. The summed E-state index contributed by atoms with van der Waals surface area (Å²) in [4.78, 5) is 39.3. The fourth-order valence-electron chi connectivity index (χ4n) is 4.59. The molecular weight excluding hydrogens is 418 g/mol. The van der Waals surface area contributed by atoms with E-state index < -0.39 is 5.97 Å². The van der Waals surface area contributed by atoms with Crippen molar-refractivity contribution in [2.45, 2.75) is 45.4 Å². The summed E-state index contributed by atoms with van der Waals surface area (Å²) in [5.41, 5.74) is 4.14. The van der Waals surface area contributed by atoms with Gasteiger partial charge in [-0.05, 0) is 38.2 Å². The zero-order valence-corrected chi connectivity index (χ0v) is 18.7. The van der Waals surface area contributed by atoms with E-state index in [-0.39, 0.29) is 23.4 Å². The summed E-state index contributed by atoms with van der Waals surface area (Å²) in [6.07, 6.45) is 8.11. The molecule has 0 atom stereocenters. The number of aromatic nitrogens is 5. The normalized spacial score (nSPS) is 14.1. The van der Waals surface area contributed by atoms with Gasteiger partial charge in [0.25, 0.3) is 5.56 Å². The molecule has 5 rings (SSSR count). The lowest BCUT2D eigenvalue weighted by Gasteiger charge is -2.10. The first-order valence-corrected chi connectivity index (χ1v) is 11.3. The number of ether oxygens (including phenoxy) is 1. The molecule has 8 nitrogen and oxygen atoms in total. The van der Waals surface area contributed by atoms with Gasteiger partial charge in [0.15, 0.2) is 5.65 Å². The van der Waals surface area contributed by atoms with E-state index in [4.69, 9.17) is 9.72 Å². The minimum atomic E-state index is -0.572. The van der Waals surface area contributed by atoms with Gasteiger partial charge in [0.2, 0.25) is 0 Å². The maximum absolute atomic E-state index is 13.0. The van der Waals surface area contributed by atoms with E-state index in [1.807, 2.05) is 12.1 Å². The Bertz CT molecular complexity index is 1380. The standard InChI is InChI=1S/C25H25N5O3/c1-3-33-25(32)21-23(22-15(2)26-12-13-27-22)29-30-20(31)14-19(28-24(21)30)18-10-8-17(9-11-18)16-6-4-5-7-16/h8-14,16,29H,3-7H2,1-2H3. The van der Waals surface area contributed by atoms with E-state index >= 15 is 0 Å². The Balaban J connectivity index is 1.66. The molecule has 0 radical (unpaired) electrons. The van der Waals surface area contributed by atoms with Crippen LogP contribution in [0.2, 0.25) is 0 Å². The first-order valence-electron chi connectivity index (χ1n) is 11.3. The van der Waals surface area contributed by atoms with Crippen LogP contribution in [0.4, 0.5) is 0 Å². The number of nitrogens with zero attached hydrogens (tertiary/aromatic N) is 4. The summed E-state index contributed by atoms with van der Waals surface area (Å²) >= 11 is 0. The van der Waals surface area contributed by atoms with Crippen LogP contribution < -0.4 is 5.56 Å². The highest BCUT2D eigenvalue weighted by Crippen LogP contribution is 2.35. The van der Waals surface area contributed by atoms with Crippen LogP contribution in [0.25, 0.3) is 28.3 Å². The molecule has 8 heteroatoms. The average molecular weight is 444 g/mol. The second-order valence-electron chi connectivity index (χ2n) is 8.31. The van der Waals surface area contributed by atoms with Gasteiger partial charge in [-0.1, -0.05) is 37.1 Å². The second-order valence-corrected chi connectivity index (χ2v) is 8.31. The number of carbonyl (C=O) groups is 1. The van der Waals surface area contributed by atoms with Gasteiger partial charge in [-0.15, -0.1) is 0 Å². The van der Waals surface area contributed by atoms with E-state index in [1.54, 1.807) is 20.0 Å². The van der Waals surface area contributed by atoms with Crippen molar-refractivity contribution in [3.63, 3.8) is 0 Å². The lowest BCUT2D eigenvalue weighted by molar-refractivity contribution is 0.0529. The number of H-pyrrole nitrogens is 1. The summed E-state index contributed by atoms with van der Waals surface area (Å²) in [5, 5.41) is 2.99. The highest BCUT2D eigenvalue weighted by molar-refractivity contribution is 6.02.